The molecule has 8 nitrogen and oxygen atoms in total. The summed E-state index contributed by atoms with van der Waals surface area (Å²) in [5, 5.41) is 5.72. The van der Waals surface area contributed by atoms with E-state index in [4.69, 9.17) is 0 Å². The number of hydrogen-bond donors (Lipinski definition) is 2. The van der Waals surface area contributed by atoms with Crippen molar-refractivity contribution < 1.29 is 18.0 Å². The van der Waals surface area contributed by atoms with Crippen LogP contribution in [0.3, 0.4) is 0 Å². The van der Waals surface area contributed by atoms with Crippen molar-refractivity contribution in [1.82, 2.24) is 9.21 Å². The van der Waals surface area contributed by atoms with Crippen molar-refractivity contribution in [1.29, 1.82) is 0 Å². The number of rotatable bonds is 8. The Balaban J connectivity index is 1.60. The van der Waals surface area contributed by atoms with Gasteiger partial charge in [0, 0.05) is 24.5 Å². The summed E-state index contributed by atoms with van der Waals surface area (Å²) in [5.74, 6) is -0.531. The van der Waals surface area contributed by atoms with E-state index in [0.29, 0.717) is 18.8 Å². The molecule has 2 amide bonds. The molecular formula is C25H34N4O4S. The van der Waals surface area contributed by atoms with Crippen molar-refractivity contribution >= 4 is 33.2 Å². The van der Waals surface area contributed by atoms with E-state index in [9.17, 15) is 18.0 Å². The molecule has 2 aromatic carbocycles. The number of aryl methyl sites for hydroxylation is 3. The van der Waals surface area contributed by atoms with Crippen LogP contribution in [0.25, 0.3) is 0 Å². The number of piperidine rings is 1. The summed E-state index contributed by atoms with van der Waals surface area (Å²) in [6, 6.07) is 10.6. The van der Waals surface area contributed by atoms with E-state index in [1.807, 2.05) is 39.0 Å². The van der Waals surface area contributed by atoms with E-state index < -0.39 is 10.0 Å². The maximum Gasteiger partial charge on any atom is 0.243 e. The van der Waals surface area contributed by atoms with Gasteiger partial charge in [-0.2, -0.15) is 4.31 Å². The zero-order chi connectivity index (χ0) is 24.9. The second-order valence-corrected chi connectivity index (χ2v) is 10.9. The Kier molecular flexibility index (Phi) is 8.46. The molecule has 0 atom stereocenters. The average molecular weight is 487 g/mol. The number of para-hydroxylation sites is 1. The van der Waals surface area contributed by atoms with Gasteiger partial charge in [0.05, 0.1) is 18.0 Å². The Morgan fingerprint density at radius 1 is 0.882 bits per heavy atom. The molecule has 184 valence electrons. The van der Waals surface area contributed by atoms with Gasteiger partial charge in [-0.1, -0.05) is 30.7 Å². The van der Waals surface area contributed by atoms with E-state index in [2.05, 4.69) is 10.6 Å². The standard InChI is InChI=1S/C25H34N4O4S/c1-18-11-12-21(34(32,33)29-13-6-5-7-14-29)15-22(18)26-23(30)16-28(4)17-24(31)27-25-19(2)9-8-10-20(25)3/h8-12,15H,5-7,13-14,16-17H2,1-4H3,(H,26,30)(H,27,31). The minimum atomic E-state index is -3.59. The number of nitrogens with zero attached hydrogens (tertiary/aromatic N) is 2. The number of benzene rings is 2. The smallest absolute Gasteiger partial charge is 0.243 e. The number of nitrogens with one attached hydrogen (secondary N) is 2. The third kappa shape index (κ3) is 6.43. The molecule has 0 radical (unpaired) electrons. The van der Waals surface area contributed by atoms with E-state index in [-0.39, 0.29) is 29.8 Å². The quantitative estimate of drug-likeness (QED) is 0.597. The van der Waals surface area contributed by atoms with Crippen molar-refractivity contribution in [3.05, 3.63) is 53.1 Å². The van der Waals surface area contributed by atoms with Crippen LogP contribution in [0.2, 0.25) is 0 Å². The molecule has 1 fully saturated rings. The Bertz CT molecular complexity index is 1140. The molecule has 1 heterocycles. The fourth-order valence-electron chi connectivity index (χ4n) is 4.08. The number of likely N-dealkylation sites (N-methyl/N-ethyl adjacent to an activating group) is 1. The Morgan fingerprint density at radius 3 is 2.09 bits per heavy atom. The van der Waals surface area contributed by atoms with Gasteiger partial charge in [0.25, 0.3) is 0 Å². The summed E-state index contributed by atoms with van der Waals surface area (Å²) >= 11 is 0. The molecule has 1 aliphatic rings. The lowest BCUT2D eigenvalue weighted by Gasteiger charge is -2.26. The van der Waals surface area contributed by atoms with Gasteiger partial charge >= 0.3 is 0 Å². The lowest BCUT2D eigenvalue weighted by atomic mass is 10.1. The van der Waals surface area contributed by atoms with Gasteiger partial charge in [0.15, 0.2) is 0 Å². The highest BCUT2D eigenvalue weighted by Gasteiger charge is 2.26. The largest absolute Gasteiger partial charge is 0.325 e. The van der Waals surface area contributed by atoms with Gasteiger partial charge in [0.2, 0.25) is 21.8 Å². The fraction of sp³-hybridized carbons (Fsp3) is 0.440. The molecule has 1 aliphatic heterocycles. The Morgan fingerprint density at radius 2 is 1.47 bits per heavy atom. The van der Waals surface area contributed by atoms with Gasteiger partial charge < -0.3 is 10.6 Å². The van der Waals surface area contributed by atoms with Crippen LogP contribution in [0.4, 0.5) is 11.4 Å². The molecule has 2 aromatic rings. The molecule has 0 bridgehead atoms. The first-order valence-electron chi connectivity index (χ1n) is 11.5. The van der Waals surface area contributed by atoms with Gasteiger partial charge in [-0.25, -0.2) is 8.42 Å². The van der Waals surface area contributed by atoms with E-state index in [1.54, 1.807) is 24.1 Å². The second-order valence-electron chi connectivity index (χ2n) is 8.98. The summed E-state index contributed by atoms with van der Waals surface area (Å²) in [6.07, 6.45) is 2.76. The van der Waals surface area contributed by atoms with Crippen molar-refractivity contribution in [3.8, 4) is 0 Å². The summed E-state index contributed by atoms with van der Waals surface area (Å²) < 4.78 is 27.5. The third-order valence-corrected chi connectivity index (χ3v) is 7.90. The number of anilines is 2. The first-order chi connectivity index (χ1) is 16.1. The van der Waals surface area contributed by atoms with Crippen LogP contribution in [0.15, 0.2) is 41.3 Å². The number of carbonyl (C=O) groups excluding carboxylic acids is 2. The zero-order valence-electron chi connectivity index (χ0n) is 20.3. The summed E-state index contributed by atoms with van der Waals surface area (Å²) in [5.41, 5.74) is 3.96. The molecule has 1 saturated heterocycles. The van der Waals surface area contributed by atoms with E-state index >= 15 is 0 Å². The molecule has 3 rings (SSSR count). The van der Waals surface area contributed by atoms with Crippen LogP contribution in [-0.2, 0) is 19.6 Å². The summed E-state index contributed by atoms with van der Waals surface area (Å²) in [6.45, 7) is 6.75. The normalized spacial score (nSPS) is 14.7. The first-order valence-corrected chi connectivity index (χ1v) is 13.0. The van der Waals surface area contributed by atoms with Crippen molar-refractivity contribution in [2.45, 2.75) is 44.9 Å². The first kappa shape index (κ1) is 25.9. The predicted octanol–water partition coefficient (Wildman–Crippen LogP) is 3.30. The number of carbonyl (C=O) groups is 2. The number of sulfonamides is 1. The molecule has 9 heteroatoms. The van der Waals surface area contributed by atoms with Crippen molar-refractivity contribution in [2.75, 3.05) is 43.9 Å². The highest BCUT2D eigenvalue weighted by molar-refractivity contribution is 7.89. The minimum absolute atomic E-state index is 0.0112. The Labute approximate surface area is 202 Å². The van der Waals surface area contributed by atoms with Crippen LogP contribution in [0.1, 0.15) is 36.0 Å². The van der Waals surface area contributed by atoms with Gasteiger partial charge in [0.1, 0.15) is 0 Å². The lowest BCUT2D eigenvalue weighted by Crippen LogP contribution is -2.36. The lowest BCUT2D eigenvalue weighted by molar-refractivity contribution is -0.119. The molecule has 0 aromatic heterocycles. The average Bonchev–Trinajstić information content (AvgIpc) is 2.78. The molecule has 0 unspecified atom stereocenters. The maximum absolute atomic E-state index is 13.0. The van der Waals surface area contributed by atoms with Crippen LogP contribution in [0, 0.1) is 20.8 Å². The maximum atomic E-state index is 13.0. The van der Waals surface area contributed by atoms with Crippen LogP contribution in [0.5, 0.6) is 0 Å². The highest BCUT2D eigenvalue weighted by Crippen LogP contribution is 2.25. The second kappa shape index (κ2) is 11.1. The molecule has 2 N–H and O–H groups in total. The number of hydrogen-bond acceptors (Lipinski definition) is 5. The van der Waals surface area contributed by atoms with Crippen molar-refractivity contribution in [2.24, 2.45) is 0 Å². The summed E-state index contributed by atoms with van der Waals surface area (Å²) in [4.78, 5) is 26.9. The molecule has 0 aliphatic carbocycles. The topological polar surface area (TPSA) is 98.8 Å². The van der Waals surface area contributed by atoms with E-state index in [1.165, 1.54) is 10.4 Å². The molecule has 0 spiro atoms. The molecule has 0 saturated carbocycles. The molecule has 34 heavy (non-hydrogen) atoms. The third-order valence-electron chi connectivity index (χ3n) is 6.01. The predicted molar refractivity (Wildman–Crippen MR) is 134 cm³/mol. The monoisotopic (exact) mass is 486 g/mol. The number of amides is 2. The van der Waals surface area contributed by atoms with Gasteiger partial charge in [-0.3, -0.25) is 14.5 Å². The summed E-state index contributed by atoms with van der Waals surface area (Å²) in [7, 11) is -1.91. The molecular weight excluding hydrogens is 452 g/mol. The Hall–Kier alpha value is -2.75. The highest BCUT2D eigenvalue weighted by atomic mass is 32.2. The van der Waals surface area contributed by atoms with Crippen LogP contribution < -0.4 is 10.6 Å². The van der Waals surface area contributed by atoms with Crippen LogP contribution in [-0.4, -0.2) is 62.7 Å². The van der Waals surface area contributed by atoms with E-state index in [0.717, 1.165) is 41.6 Å². The van der Waals surface area contributed by atoms with Crippen molar-refractivity contribution in [3.63, 3.8) is 0 Å². The van der Waals surface area contributed by atoms with Gasteiger partial charge in [-0.05, 0) is 69.5 Å². The van der Waals surface area contributed by atoms with Gasteiger partial charge in [-0.15, -0.1) is 0 Å². The minimum Gasteiger partial charge on any atom is -0.325 e. The SMILES string of the molecule is Cc1ccc(S(=O)(=O)N2CCCCC2)cc1NC(=O)CN(C)CC(=O)Nc1c(C)cccc1C. The fourth-order valence-corrected chi connectivity index (χ4v) is 5.62. The van der Waals surface area contributed by atoms with Crippen LogP contribution >= 0.6 is 0 Å². The zero-order valence-corrected chi connectivity index (χ0v) is 21.2.